The molecule has 1 fully saturated rings. The van der Waals surface area contributed by atoms with Gasteiger partial charge >= 0.3 is 0 Å². The van der Waals surface area contributed by atoms with E-state index in [1.165, 1.54) is 18.2 Å². The maximum Gasteiger partial charge on any atom is 0.269 e. The van der Waals surface area contributed by atoms with Crippen LogP contribution < -0.4 is 15.0 Å². The smallest absolute Gasteiger partial charge is 0.269 e. The van der Waals surface area contributed by atoms with Crippen molar-refractivity contribution in [3.05, 3.63) is 64.2 Å². The van der Waals surface area contributed by atoms with Crippen LogP contribution in [0.25, 0.3) is 16.3 Å². The number of fused-ring (bicyclic) bond motifs is 1. The molecule has 4 rings (SSSR count). The standard InChI is InChI=1S/C24H27N5O4S/c1-2-33-20-8-9-21-22(17-20)34-24(26-21)28-15-13-27(14-16-28)12-11-25-23(30)10-5-18-3-6-19(7-4-18)29(31)32/h3-10,17H,2,11-16H2,1H3,(H,25,30)/b10-5-. The van der Waals surface area contributed by atoms with Crippen LogP contribution in [0.2, 0.25) is 0 Å². The molecule has 178 valence electrons. The van der Waals surface area contributed by atoms with Gasteiger partial charge in [0, 0.05) is 57.5 Å². The Balaban J connectivity index is 1.19. The molecule has 0 unspecified atom stereocenters. The molecule has 10 heteroatoms. The van der Waals surface area contributed by atoms with Crippen molar-refractivity contribution in [3.63, 3.8) is 0 Å². The first-order valence-electron chi connectivity index (χ1n) is 11.2. The molecule has 1 aliphatic heterocycles. The van der Waals surface area contributed by atoms with Crippen LogP contribution in [0.3, 0.4) is 0 Å². The number of piperazine rings is 1. The van der Waals surface area contributed by atoms with Gasteiger partial charge in [0.25, 0.3) is 5.69 Å². The summed E-state index contributed by atoms with van der Waals surface area (Å²) in [5.41, 5.74) is 1.76. The molecule has 1 aliphatic rings. The number of nitrogens with zero attached hydrogens (tertiary/aromatic N) is 4. The van der Waals surface area contributed by atoms with E-state index in [1.54, 1.807) is 29.5 Å². The number of rotatable bonds is 9. The molecule has 0 radical (unpaired) electrons. The number of ether oxygens (including phenoxy) is 1. The van der Waals surface area contributed by atoms with Gasteiger partial charge in [-0.05, 0) is 48.9 Å². The van der Waals surface area contributed by atoms with Crippen molar-refractivity contribution in [3.8, 4) is 5.75 Å². The van der Waals surface area contributed by atoms with Gasteiger partial charge in [-0.25, -0.2) is 4.98 Å². The van der Waals surface area contributed by atoms with E-state index in [0.29, 0.717) is 13.2 Å². The highest BCUT2D eigenvalue weighted by molar-refractivity contribution is 7.22. The molecule has 0 bridgehead atoms. The average molecular weight is 482 g/mol. The van der Waals surface area contributed by atoms with Crippen molar-refractivity contribution in [2.45, 2.75) is 6.92 Å². The van der Waals surface area contributed by atoms with Gasteiger partial charge < -0.3 is 15.0 Å². The summed E-state index contributed by atoms with van der Waals surface area (Å²) in [5, 5.41) is 14.6. The molecule has 0 atom stereocenters. The Morgan fingerprint density at radius 3 is 2.68 bits per heavy atom. The molecule has 2 aromatic carbocycles. The average Bonchev–Trinajstić information content (AvgIpc) is 3.27. The number of nitro benzene ring substituents is 1. The lowest BCUT2D eigenvalue weighted by Crippen LogP contribution is -2.48. The van der Waals surface area contributed by atoms with E-state index in [1.807, 2.05) is 19.1 Å². The Labute approximate surface area is 201 Å². The number of non-ortho nitro benzene ring substituents is 1. The number of nitro groups is 1. The molecular weight excluding hydrogens is 454 g/mol. The van der Waals surface area contributed by atoms with Gasteiger partial charge in [-0.2, -0.15) is 0 Å². The molecule has 2 heterocycles. The highest BCUT2D eigenvalue weighted by atomic mass is 32.1. The Kier molecular flexibility index (Phi) is 7.71. The van der Waals surface area contributed by atoms with Gasteiger partial charge in [-0.1, -0.05) is 11.3 Å². The summed E-state index contributed by atoms with van der Waals surface area (Å²) < 4.78 is 6.72. The van der Waals surface area contributed by atoms with E-state index in [9.17, 15) is 14.9 Å². The van der Waals surface area contributed by atoms with E-state index in [0.717, 1.165) is 59.4 Å². The van der Waals surface area contributed by atoms with Crippen LogP contribution in [0.15, 0.2) is 48.5 Å². The Bertz CT molecular complexity index is 1170. The van der Waals surface area contributed by atoms with Crippen LogP contribution in [0, 0.1) is 10.1 Å². The highest BCUT2D eigenvalue weighted by Crippen LogP contribution is 2.31. The van der Waals surface area contributed by atoms with Crippen LogP contribution in [0.1, 0.15) is 12.5 Å². The Hall–Kier alpha value is -3.50. The third-order valence-corrected chi connectivity index (χ3v) is 6.64. The topological polar surface area (TPSA) is 101 Å². The predicted molar refractivity (Wildman–Crippen MR) is 135 cm³/mol. The van der Waals surface area contributed by atoms with Gasteiger partial charge in [0.05, 0.1) is 21.7 Å². The van der Waals surface area contributed by atoms with Crippen LogP contribution in [0.4, 0.5) is 10.8 Å². The molecule has 0 aliphatic carbocycles. The van der Waals surface area contributed by atoms with Crippen LogP contribution in [-0.2, 0) is 4.79 Å². The summed E-state index contributed by atoms with van der Waals surface area (Å²) in [7, 11) is 0. The molecule has 1 aromatic heterocycles. The quantitative estimate of drug-likeness (QED) is 0.283. The first-order chi connectivity index (χ1) is 16.5. The maximum atomic E-state index is 12.1. The molecule has 1 N–H and O–H groups in total. The number of thiazole rings is 1. The van der Waals surface area contributed by atoms with E-state index >= 15 is 0 Å². The fourth-order valence-electron chi connectivity index (χ4n) is 3.72. The number of amides is 1. The Morgan fingerprint density at radius 2 is 1.97 bits per heavy atom. The number of aromatic nitrogens is 1. The van der Waals surface area contributed by atoms with Crippen LogP contribution >= 0.6 is 11.3 Å². The SMILES string of the molecule is CCOc1ccc2nc(N3CCN(CCNC(=O)/C=C\c4ccc([N+](=O)[O-])cc4)CC3)sc2c1. The van der Waals surface area contributed by atoms with E-state index in [2.05, 4.69) is 21.2 Å². The lowest BCUT2D eigenvalue weighted by molar-refractivity contribution is -0.384. The fraction of sp³-hybridized carbons (Fsp3) is 0.333. The third kappa shape index (κ3) is 6.09. The lowest BCUT2D eigenvalue weighted by atomic mass is 10.2. The van der Waals surface area contributed by atoms with Gasteiger partial charge in [0.2, 0.25) is 5.91 Å². The highest BCUT2D eigenvalue weighted by Gasteiger charge is 2.20. The minimum atomic E-state index is -0.447. The monoisotopic (exact) mass is 481 g/mol. The van der Waals surface area contributed by atoms with Gasteiger partial charge in [0.1, 0.15) is 5.75 Å². The van der Waals surface area contributed by atoms with Crippen LogP contribution in [-0.4, -0.2) is 66.6 Å². The van der Waals surface area contributed by atoms with E-state index in [4.69, 9.17) is 9.72 Å². The minimum Gasteiger partial charge on any atom is -0.494 e. The van der Waals surface area contributed by atoms with E-state index < -0.39 is 4.92 Å². The molecular formula is C24H27N5O4S. The fourth-order valence-corrected chi connectivity index (χ4v) is 4.77. The molecule has 1 amide bonds. The van der Waals surface area contributed by atoms with Crippen molar-refractivity contribution in [2.75, 3.05) is 50.8 Å². The molecule has 34 heavy (non-hydrogen) atoms. The summed E-state index contributed by atoms with van der Waals surface area (Å²) in [6.07, 6.45) is 3.09. The summed E-state index contributed by atoms with van der Waals surface area (Å²) in [6.45, 7) is 7.58. The zero-order valence-electron chi connectivity index (χ0n) is 19.0. The minimum absolute atomic E-state index is 0.0283. The second kappa shape index (κ2) is 11.1. The lowest BCUT2D eigenvalue weighted by Gasteiger charge is -2.34. The van der Waals surface area contributed by atoms with Gasteiger partial charge in [0.15, 0.2) is 5.13 Å². The number of carbonyl (C=O) groups excluding carboxylic acids is 1. The normalized spacial score (nSPS) is 14.6. The van der Waals surface area contributed by atoms with Crippen molar-refractivity contribution < 1.29 is 14.5 Å². The largest absolute Gasteiger partial charge is 0.494 e. The van der Waals surface area contributed by atoms with Crippen molar-refractivity contribution in [2.24, 2.45) is 0 Å². The third-order valence-electron chi connectivity index (χ3n) is 5.56. The number of carbonyl (C=O) groups is 1. The maximum absolute atomic E-state index is 12.1. The number of hydrogen-bond acceptors (Lipinski definition) is 8. The molecule has 0 saturated carbocycles. The number of hydrogen-bond donors (Lipinski definition) is 1. The van der Waals surface area contributed by atoms with E-state index in [-0.39, 0.29) is 11.6 Å². The number of benzene rings is 2. The summed E-state index contributed by atoms with van der Waals surface area (Å²) in [5.74, 6) is 0.692. The molecule has 9 nitrogen and oxygen atoms in total. The number of anilines is 1. The summed E-state index contributed by atoms with van der Waals surface area (Å²) in [4.78, 5) is 31.7. The molecule has 1 saturated heterocycles. The van der Waals surface area contributed by atoms with Crippen LogP contribution in [0.5, 0.6) is 5.75 Å². The van der Waals surface area contributed by atoms with Gasteiger partial charge in [-0.3, -0.25) is 19.8 Å². The second-order valence-electron chi connectivity index (χ2n) is 7.86. The first kappa shape index (κ1) is 23.7. The number of nitrogens with one attached hydrogen (secondary N) is 1. The van der Waals surface area contributed by atoms with Crippen molar-refractivity contribution in [1.82, 2.24) is 15.2 Å². The summed E-state index contributed by atoms with van der Waals surface area (Å²) in [6, 6.07) is 12.1. The second-order valence-corrected chi connectivity index (χ2v) is 8.87. The summed E-state index contributed by atoms with van der Waals surface area (Å²) >= 11 is 1.69. The first-order valence-corrected chi connectivity index (χ1v) is 12.0. The predicted octanol–water partition coefficient (Wildman–Crippen LogP) is 3.55. The molecule has 0 spiro atoms. The van der Waals surface area contributed by atoms with Crippen molar-refractivity contribution >= 4 is 44.4 Å². The zero-order chi connectivity index (χ0) is 23.9. The molecule has 3 aromatic rings. The Morgan fingerprint density at radius 1 is 1.21 bits per heavy atom. The van der Waals surface area contributed by atoms with Crippen molar-refractivity contribution in [1.29, 1.82) is 0 Å². The zero-order valence-corrected chi connectivity index (χ0v) is 19.8. The van der Waals surface area contributed by atoms with Gasteiger partial charge in [-0.15, -0.1) is 0 Å².